The van der Waals surface area contributed by atoms with E-state index >= 15 is 0 Å². The van der Waals surface area contributed by atoms with Crippen LogP contribution in [0.25, 0.3) is 10.2 Å². The van der Waals surface area contributed by atoms with E-state index in [9.17, 15) is 8.42 Å². The Hall–Kier alpha value is -1.18. The average molecular weight is 366 g/mol. The molecule has 0 radical (unpaired) electrons. The summed E-state index contributed by atoms with van der Waals surface area (Å²) in [6.45, 7) is 5.61. The van der Waals surface area contributed by atoms with Crippen LogP contribution in [0.1, 0.15) is 38.2 Å². The van der Waals surface area contributed by atoms with Crippen molar-refractivity contribution in [1.29, 1.82) is 0 Å². The van der Waals surface area contributed by atoms with Crippen molar-refractivity contribution >= 4 is 36.7 Å². The first-order valence-corrected chi connectivity index (χ1v) is 11.0. The molecule has 24 heavy (non-hydrogen) atoms. The summed E-state index contributed by atoms with van der Waals surface area (Å²) in [4.78, 5) is 6.92. The molecule has 7 heteroatoms. The molecule has 1 aliphatic carbocycles. The molecule has 2 aliphatic rings. The number of piperidine rings is 1. The summed E-state index contributed by atoms with van der Waals surface area (Å²) in [6, 6.07) is 6.27. The molecule has 130 valence electrons. The molecule has 0 amide bonds. The van der Waals surface area contributed by atoms with Gasteiger partial charge < -0.3 is 0 Å². The zero-order valence-electron chi connectivity index (χ0n) is 13.9. The molecule has 2 fully saturated rings. The maximum absolute atomic E-state index is 12.0. The number of fused-ring (bicyclic) bond motifs is 1. The van der Waals surface area contributed by atoms with Gasteiger partial charge in [-0.1, -0.05) is 24.3 Å². The lowest BCUT2D eigenvalue weighted by Gasteiger charge is -2.30. The fourth-order valence-corrected chi connectivity index (χ4v) is 5.68. The number of nitrogens with zero attached hydrogens (tertiary/aromatic N) is 2. The summed E-state index contributed by atoms with van der Waals surface area (Å²) >= 11 is 1.43. The monoisotopic (exact) mass is 365 g/mol. The van der Waals surface area contributed by atoms with Gasteiger partial charge >= 0.3 is 0 Å². The second-order valence-corrected chi connectivity index (χ2v) is 10.1. The Morgan fingerprint density at radius 3 is 2.71 bits per heavy atom. The Balaban J connectivity index is 1.48. The Morgan fingerprint density at radius 1 is 1.25 bits per heavy atom. The highest BCUT2D eigenvalue weighted by Gasteiger charge is 2.36. The number of rotatable bonds is 5. The number of anilines is 1. The number of likely N-dealkylation sites (tertiary alicyclic amines) is 1. The Bertz CT molecular complexity index is 835. The van der Waals surface area contributed by atoms with Crippen LogP contribution in [-0.4, -0.2) is 36.6 Å². The molecule has 4 rings (SSSR count). The van der Waals surface area contributed by atoms with Crippen LogP contribution in [0.5, 0.6) is 0 Å². The first-order valence-electron chi connectivity index (χ1n) is 8.63. The lowest BCUT2D eigenvalue weighted by atomic mass is 9.99. The fourth-order valence-electron chi connectivity index (χ4n) is 3.17. The topological polar surface area (TPSA) is 62.3 Å². The second kappa shape index (κ2) is 6.28. The maximum atomic E-state index is 12.0. The Morgan fingerprint density at radius 2 is 2.00 bits per heavy atom. The van der Waals surface area contributed by atoms with E-state index in [1.807, 2.05) is 6.07 Å². The minimum absolute atomic E-state index is 0.221. The van der Waals surface area contributed by atoms with Crippen molar-refractivity contribution in [2.24, 2.45) is 5.92 Å². The number of nitrogens with one attached hydrogen (secondary N) is 1. The van der Waals surface area contributed by atoms with E-state index in [0.29, 0.717) is 5.13 Å². The molecule has 2 heterocycles. The van der Waals surface area contributed by atoms with Crippen LogP contribution in [0.4, 0.5) is 5.13 Å². The number of sulfonamides is 1. The van der Waals surface area contributed by atoms with Gasteiger partial charge in [0.2, 0.25) is 10.0 Å². The molecule has 0 atom stereocenters. The highest BCUT2D eigenvalue weighted by Crippen LogP contribution is 2.33. The van der Waals surface area contributed by atoms with Crippen LogP contribution >= 0.6 is 11.3 Å². The molecule has 5 nitrogen and oxygen atoms in total. The fraction of sp³-hybridized carbons (Fsp3) is 0.588. The summed E-state index contributed by atoms with van der Waals surface area (Å²) in [6.07, 6.45) is 4.07. The van der Waals surface area contributed by atoms with Gasteiger partial charge in [0.05, 0.1) is 15.5 Å². The van der Waals surface area contributed by atoms with Gasteiger partial charge in [0.25, 0.3) is 0 Å². The van der Waals surface area contributed by atoms with E-state index < -0.39 is 10.0 Å². The molecule has 0 unspecified atom stereocenters. The third-order valence-electron chi connectivity index (χ3n) is 4.93. The van der Waals surface area contributed by atoms with Gasteiger partial charge in [0.15, 0.2) is 5.13 Å². The number of hydrogen-bond donors (Lipinski definition) is 1. The molecule has 1 aliphatic heterocycles. The number of hydrogen-bond acceptors (Lipinski definition) is 5. The Labute approximate surface area is 147 Å². The summed E-state index contributed by atoms with van der Waals surface area (Å²) in [5.74, 6) is 0.840. The van der Waals surface area contributed by atoms with E-state index in [0.717, 1.165) is 48.6 Å². The highest BCUT2D eigenvalue weighted by atomic mass is 32.2. The molecule has 2 aromatic rings. The van der Waals surface area contributed by atoms with Crippen molar-refractivity contribution in [3.63, 3.8) is 0 Å². The van der Waals surface area contributed by atoms with Gasteiger partial charge in [-0.25, -0.2) is 13.4 Å². The summed E-state index contributed by atoms with van der Waals surface area (Å²) < 4.78 is 27.8. The standard InChI is InChI=1S/C17H23N3O2S2/c1-12-6-8-20(9-7-12)11-13-2-5-15-16(10-13)23-17(18-15)19-24(21,22)14-3-4-14/h2,5,10,12,14H,3-4,6-9,11H2,1H3,(H,18,19). The van der Waals surface area contributed by atoms with Crippen molar-refractivity contribution in [1.82, 2.24) is 9.88 Å². The van der Waals surface area contributed by atoms with Gasteiger partial charge in [-0.05, 0) is 62.4 Å². The molecule has 0 bridgehead atoms. The molecule has 1 saturated carbocycles. The first-order chi connectivity index (χ1) is 11.5. The van der Waals surface area contributed by atoms with Crippen molar-refractivity contribution in [3.8, 4) is 0 Å². The minimum Gasteiger partial charge on any atom is -0.299 e. The van der Waals surface area contributed by atoms with Crippen molar-refractivity contribution in [2.45, 2.75) is 44.4 Å². The molecule has 1 aromatic heterocycles. The summed E-state index contributed by atoms with van der Waals surface area (Å²) in [7, 11) is -3.24. The maximum Gasteiger partial charge on any atom is 0.237 e. The average Bonchev–Trinajstić information content (AvgIpc) is 3.32. The van der Waals surface area contributed by atoms with Crippen molar-refractivity contribution < 1.29 is 8.42 Å². The van der Waals surface area contributed by atoms with Gasteiger partial charge in [0.1, 0.15) is 0 Å². The summed E-state index contributed by atoms with van der Waals surface area (Å²) in [5.41, 5.74) is 2.14. The van der Waals surface area contributed by atoms with Crippen LogP contribution in [0.2, 0.25) is 0 Å². The smallest absolute Gasteiger partial charge is 0.237 e. The minimum atomic E-state index is -3.24. The van der Waals surface area contributed by atoms with E-state index in [1.165, 1.54) is 29.7 Å². The third-order valence-corrected chi connectivity index (χ3v) is 7.82. The first kappa shape index (κ1) is 16.3. The van der Waals surface area contributed by atoms with Crippen LogP contribution in [0.3, 0.4) is 0 Å². The summed E-state index contributed by atoms with van der Waals surface area (Å²) in [5, 5.41) is 0.266. The van der Waals surface area contributed by atoms with Gasteiger partial charge in [-0.2, -0.15) is 0 Å². The van der Waals surface area contributed by atoms with Crippen LogP contribution in [0.15, 0.2) is 18.2 Å². The molecule has 1 N–H and O–H groups in total. The SMILES string of the molecule is CC1CCN(Cc2ccc3nc(NS(=O)(=O)C4CC4)sc3c2)CC1. The quantitative estimate of drug-likeness (QED) is 0.882. The third kappa shape index (κ3) is 3.58. The molecular formula is C17H23N3O2S2. The second-order valence-electron chi connectivity index (χ2n) is 7.13. The molecular weight excluding hydrogens is 342 g/mol. The predicted octanol–water partition coefficient (Wildman–Crippen LogP) is 3.43. The van der Waals surface area contributed by atoms with E-state index in [4.69, 9.17) is 0 Å². The number of aromatic nitrogens is 1. The highest BCUT2D eigenvalue weighted by molar-refractivity contribution is 7.93. The molecule has 1 saturated heterocycles. The van der Waals surface area contributed by atoms with E-state index in [-0.39, 0.29) is 5.25 Å². The van der Waals surface area contributed by atoms with Crippen LogP contribution < -0.4 is 4.72 Å². The normalized spacial score (nSPS) is 20.5. The van der Waals surface area contributed by atoms with Gasteiger partial charge in [-0.15, -0.1) is 0 Å². The molecule has 0 spiro atoms. The van der Waals surface area contributed by atoms with Crippen LogP contribution in [0, 0.1) is 5.92 Å². The van der Waals surface area contributed by atoms with Gasteiger partial charge in [-0.3, -0.25) is 9.62 Å². The zero-order chi connectivity index (χ0) is 16.7. The van der Waals surface area contributed by atoms with E-state index in [1.54, 1.807) is 0 Å². The number of benzene rings is 1. The largest absolute Gasteiger partial charge is 0.299 e. The van der Waals surface area contributed by atoms with Gasteiger partial charge in [0, 0.05) is 6.54 Å². The lowest BCUT2D eigenvalue weighted by molar-refractivity contribution is 0.185. The van der Waals surface area contributed by atoms with Crippen molar-refractivity contribution in [3.05, 3.63) is 23.8 Å². The van der Waals surface area contributed by atoms with Crippen LogP contribution in [-0.2, 0) is 16.6 Å². The van der Waals surface area contributed by atoms with Crippen molar-refractivity contribution in [2.75, 3.05) is 17.8 Å². The zero-order valence-corrected chi connectivity index (χ0v) is 15.5. The lowest BCUT2D eigenvalue weighted by Crippen LogP contribution is -2.32. The predicted molar refractivity (Wildman–Crippen MR) is 98.9 cm³/mol. The number of thiazole rings is 1. The van der Waals surface area contributed by atoms with E-state index in [2.05, 4.69) is 33.7 Å². The molecule has 1 aromatic carbocycles. The Kier molecular flexibility index (Phi) is 4.26.